The van der Waals surface area contributed by atoms with Crippen molar-refractivity contribution in [2.45, 2.75) is 11.8 Å². The van der Waals surface area contributed by atoms with Crippen LogP contribution in [0.2, 0.25) is 5.02 Å². The molecule has 0 aliphatic rings. The van der Waals surface area contributed by atoms with Gasteiger partial charge >= 0.3 is 0 Å². The number of benzene rings is 3. The summed E-state index contributed by atoms with van der Waals surface area (Å²) >= 11 is 5.95. The number of carbonyl (C=O) groups is 1. The maximum atomic E-state index is 12.7. The van der Waals surface area contributed by atoms with E-state index in [0.29, 0.717) is 27.6 Å². The van der Waals surface area contributed by atoms with E-state index in [1.807, 2.05) is 0 Å². The number of halogens is 1. The Balaban J connectivity index is 1.71. The number of nitrogens with one attached hydrogen (secondary N) is 2. The Hall–Kier alpha value is -3.08. The van der Waals surface area contributed by atoms with E-state index in [4.69, 9.17) is 11.6 Å². The third kappa shape index (κ3) is 6.04. The lowest BCUT2D eigenvalue weighted by Crippen LogP contribution is -2.24. The molecule has 3 aromatic carbocycles. The minimum atomic E-state index is -3.85. The van der Waals surface area contributed by atoms with E-state index in [2.05, 4.69) is 10.0 Å². The SMILES string of the molecule is Cc1ccc(Cl)cc1NS(=O)(=O)c1ccc(NC(=O)c2ccc(N(C)S(C)(=O)=O)cc2)cc1. The van der Waals surface area contributed by atoms with E-state index >= 15 is 0 Å². The second-order valence-corrected chi connectivity index (χ2v) is 11.5. The van der Waals surface area contributed by atoms with Crippen molar-refractivity contribution in [1.29, 1.82) is 0 Å². The van der Waals surface area contributed by atoms with Crippen LogP contribution in [0.25, 0.3) is 0 Å². The number of hydrogen-bond donors (Lipinski definition) is 2. The molecule has 0 saturated carbocycles. The Kier molecular flexibility index (Phi) is 7.01. The molecule has 2 N–H and O–H groups in total. The summed E-state index contributed by atoms with van der Waals surface area (Å²) in [4.78, 5) is 12.5. The number of hydrogen-bond acceptors (Lipinski definition) is 5. The Bertz CT molecular complexity index is 1390. The van der Waals surface area contributed by atoms with E-state index in [9.17, 15) is 21.6 Å². The summed E-state index contributed by atoms with van der Waals surface area (Å²) in [5.74, 6) is -0.424. The molecule has 0 aliphatic heterocycles. The van der Waals surface area contributed by atoms with Gasteiger partial charge in [0, 0.05) is 23.3 Å². The predicted molar refractivity (Wildman–Crippen MR) is 131 cm³/mol. The quantitative estimate of drug-likeness (QED) is 0.500. The van der Waals surface area contributed by atoms with Crippen LogP contribution in [0.1, 0.15) is 15.9 Å². The van der Waals surface area contributed by atoms with Gasteiger partial charge in [0.1, 0.15) is 0 Å². The Morgan fingerprint density at radius 1 is 0.909 bits per heavy atom. The van der Waals surface area contributed by atoms with Crippen molar-refractivity contribution in [2.24, 2.45) is 0 Å². The van der Waals surface area contributed by atoms with Crippen molar-refractivity contribution in [1.82, 2.24) is 0 Å². The van der Waals surface area contributed by atoms with Crippen molar-refractivity contribution < 1.29 is 21.6 Å². The third-order valence-electron chi connectivity index (χ3n) is 4.86. The van der Waals surface area contributed by atoms with E-state index < -0.39 is 26.0 Å². The van der Waals surface area contributed by atoms with E-state index in [1.165, 1.54) is 61.6 Å². The van der Waals surface area contributed by atoms with Crippen LogP contribution in [0.15, 0.2) is 71.6 Å². The Morgan fingerprint density at radius 3 is 2.09 bits per heavy atom. The van der Waals surface area contributed by atoms with Crippen LogP contribution in [-0.4, -0.2) is 36.0 Å². The zero-order chi connectivity index (χ0) is 24.4. The molecule has 8 nitrogen and oxygen atoms in total. The molecule has 0 atom stereocenters. The first-order chi connectivity index (χ1) is 15.4. The molecule has 0 unspecified atom stereocenters. The summed E-state index contributed by atoms with van der Waals surface area (Å²) in [7, 11) is -5.84. The molecular weight excluding hydrogens is 486 g/mol. The van der Waals surface area contributed by atoms with Crippen LogP contribution < -0.4 is 14.3 Å². The highest BCUT2D eigenvalue weighted by Crippen LogP contribution is 2.24. The summed E-state index contributed by atoms with van der Waals surface area (Å²) in [5.41, 5.74) is 2.24. The standard InChI is InChI=1S/C22H22ClN3O5S2/c1-15-4-7-17(23)14-21(15)25-33(30,31)20-12-8-18(9-13-20)24-22(27)16-5-10-19(11-6-16)26(2)32(3,28)29/h4-14,25H,1-3H3,(H,24,27). The topological polar surface area (TPSA) is 113 Å². The summed E-state index contributed by atoms with van der Waals surface area (Å²) < 4.78 is 52.2. The van der Waals surface area contributed by atoms with Crippen molar-refractivity contribution in [3.63, 3.8) is 0 Å². The average molecular weight is 508 g/mol. The second kappa shape index (κ2) is 9.42. The molecule has 174 valence electrons. The van der Waals surface area contributed by atoms with Gasteiger partial charge in [0.25, 0.3) is 15.9 Å². The molecule has 1 amide bonds. The van der Waals surface area contributed by atoms with E-state index in [0.717, 1.165) is 16.1 Å². The number of nitrogens with zero attached hydrogens (tertiary/aromatic N) is 1. The lowest BCUT2D eigenvalue weighted by atomic mass is 10.2. The Labute approximate surface area is 198 Å². The summed E-state index contributed by atoms with van der Waals surface area (Å²) in [5, 5.41) is 3.09. The molecule has 0 fully saturated rings. The van der Waals surface area contributed by atoms with Crippen LogP contribution in [0.3, 0.4) is 0 Å². The monoisotopic (exact) mass is 507 g/mol. The first-order valence-corrected chi connectivity index (χ1v) is 13.3. The Morgan fingerprint density at radius 2 is 1.52 bits per heavy atom. The molecule has 0 bridgehead atoms. The summed E-state index contributed by atoms with van der Waals surface area (Å²) in [6.07, 6.45) is 1.09. The molecule has 11 heteroatoms. The number of carbonyl (C=O) groups excluding carboxylic acids is 1. The highest BCUT2D eigenvalue weighted by Gasteiger charge is 2.17. The largest absolute Gasteiger partial charge is 0.322 e. The highest BCUT2D eigenvalue weighted by molar-refractivity contribution is 7.92. The first-order valence-electron chi connectivity index (χ1n) is 9.61. The van der Waals surface area contributed by atoms with Gasteiger partial charge in [-0.15, -0.1) is 0 Å². The second-order valence-electron chi connectivity index (χ2n) is 7.32. The lowest BCUT2D eigenvalue weighted by molar-refractivity contribution is 0.102. The molecule has 0 aliphatic carbocycles. The summed E-state index contributed by atoms with van der Waals surface area (Å²) in [6.45, 7) is 1.76. The van der Waals surface area contributed by atoms with Gasteiger partial charge in [-0.1, -0.05) is 17.7 Å². The smallest absolute Gasteiger partial charge is 0.261 e. The molecule has 33 heavy (non-hydrogen) atoms. The molecule has 0 saturated heterocycles. The normalized spacial score (nSPS) is 11.6. The number of amides is 1. The van der Waals surface area contributed by atoms with Crippen molar-refractivity contribution in [3.05, 3.63) is 82.9 Å². The molecule has 0 heterocycles. The highest BCUT2D eigenvalue weighted by atomic mass is 35.5. The first kappa shape index (κ1) is 24.6. The zero-order valence-electron chi connectivity index (χ0n) is 18.0. The fraction of sp³-hybridized carbons (Fsp3) is 0.136. The van der Waals surface area contributed by atoms with Gasteiger partial charge in [0.05, 0.1) is 22.5 Å². The van der Waals surface area contributed by atoms with Gasteiger partial charge in [-0.3, -0.25) is 13.8 Å². The van der Waals surface area contributed by atoms with Crippen LogP contribution in [0.4, 0.5) is 17.1 Å². The van der Waals surface area contributed by atoms with Crippen LogP contribution in [-0.2, 0) is 20.0 Å². The van der Waals surface area contributed by atoms with Gasteiger partial charge in [-0.25, -0.2) is 16.8 Å². The molecule has 0 spiro atoms. The van der Waals surface area contributed by atoms with E-state index in [-0.39, 0.29) is 4.90 Å². The van der Waals surface area contributed by atoms with Crippen LogP contribution in [0, 0.1) is 6.92 Å². The molecular formula is C22H22ClN3O5S2. The molecule has 0 radical (unpaired) electrons. The number of aryl methyl sites for hydroxylation is 1. The summed E-state index contributed by atoms with van der Waals surface area (Å²) in [6, 6.07) is 16.7. The van der Waals surface area contributed by atoms with Crippen molar-refractivity contribution in [3.8, 4) is 0 Å². The average Bonchev–Trinajstić information content (AvgIpc) is 2.75. The van der Waals surface area contributed by atoms with Crippen molar-refractivity contribution >= 4 is 54.6 Å². The maximum Gasteiger partial charge on any atom is 0.261 e. The van der Waals surface area contributed by atoms with Gasteiger partial charge in [0.15, 0.2) is 0 Å². The number of rotatable bonds is 7. The maximum absolute atomic E-state index is 12.7. The third-order valence-corrected chi connectivity index (χ3v) is 7.68. The molecule has 3 aromatic rings. The van der Waals surface area contributed by atoms with Crippen LogP contribution >= 0.6 is 11.6 Å². The van der Waals surface area contributed by atoms with Gasteiger partial charge in [-0.05, 0) is 73.2 Å². The fourth-order valence-corrected chi connectivity index (χ4v) is 4.64. The minimum Gasteiger partial charge on any atom is -0.322 e. The molecule has 3 rings (SSSR count). The lowest BCUT2D eigenvalue weighted by Gasteiger charge is -2.16. The predicted octanol–water partition coefficient (Wildman–Crippen LogP) is 4.10. The zero-order valence-corrected chi connectivity index (χ0v) is 20.4. The van der Waals surface area contributed by atoms with Crippen molar-refractivity contribution in [2.75, 3.05) is 27.6 Å². The van der Waals surface area contributed by atoms with Gasteiger partial charge in [0.2, 0.25) is 10.0 Å². The minimum absolute atomic E-state index is 0.0213. The number of sulfonamides is 2. The molecule has 0 aromatic heterocycles. The number of anilines is 3. The van der Waals surface area contributed by atoms with Gasteiger partial charge < -0.3 is 5.32 Å². The fourth-order valence-electron chi connectivity index (χ4n) is 2.84. The van der Waals surface area contributed by atoms with Crippen LogP contribution in [0.5, 0.6) is 0 Å². The van der Waals surface area contributed by atoms with E-state index in [1.54, 1.807) is 19.1 Å². The van der Waals surface area contributed by atoms with Gasteiger partial charge in [-0.2, -0.15) is 0 Å².